The zero-order chi connectivity index (χ0) is 20.4. The van der Waals surface area contributed by atoms with E-state index >= 15 is 0 Å². The van der Waals surface area contributed by atoms with E-state index in [0.717, 1.165) is 10.6 Å². The third kappa shape index (κ3) is 4.77. The normalized spacial score (nSPS) is 11.7. The van der Waals surface area contributed by atoms with Crippen LogP contribution in [0, 0.1) is 6.92 Å². The van der Waals surface area contributed by atoms with Gasteiger partial charge in [0.05, 0.1) is 35.2 Å². The summed E-state index contributed by atoms with van der Waals surface area (Å²) in [6.07, 6.45) is 1.05. The van der Waals surface area contributed by atoms with Gasteiger partial charge in [0, 0.05) is 7.05 Å². The Morgan fingerprint density at radius 1 is 1.07 bits per heavy atom. The van der Waals surface area contributed by atoms with Crippen LogP contribution in [0.1, 0.15) is 15.9 Å². The van der Waals surface area contributed by atoms with Crippen molar-refractivity contribution in [2.45, 2.75) is 11.8 Å². The molecule has 2 aromatic rings. The van der Waals surface area contributed by atoms with Gasteiger partial charge in [0.1, 0.15) is 0 Å². The maximum absolute atomic E-state index is 12.8. The lowest BCUT2D eigenvalue weighted by Gasteiger charge is -2.18. The van der Waals surface area contributed by atoms with Gasteiger partial charge in [0.15, 0.2) is 0 Å². The Morgan fingerprint density at radius 2 is 1.74 bits per heavy atom. The van der Waals surface area contributed by atoms with E-state index in [0.29, 0.717) is 11.3 Å². The summed E-state index contributed by atoms with van der Waals surface area (Å²) in [6.45, 7) is 1.60. The van der Waals surface area contributed by atoms with Gasteiger partial charge in [-0.3, -0.25) is 9.03 Å². The fourth-order valence-corrected chi connectivity index (χ4v) is 4.12. The fourth-order valence-electron chi connectivity index (χ4n) is 2.30. The van der Waals surface area contributed by atoms with E-state index in [-0.39, 0.29) is 16.1 Å². The number of rotatable bonds is 6. The second-order valence-electron chi connectivity index (χ2n) is 5.86. The molecule has 0 unspecified atom stereocenters. The third-order valence-corrected chi connectivity index (χ3v) is 6.59. The van der Waals surface area contributed by atoms with E-state index in [1.54, 1.807) is 13.0 Å². The summed E-state index contributed by atoms with van der Waals surface area (Å²) in [5.74, 6) is -0.650. The van der Waals surface area contributed by atoms with Crippen molar-refractivity contribution in [3.8, 4) is 0 Å². The van der Waals surface area contributed by atoms with Gasteiger partial charge < -0.3 is 4.74 Å². The molecular formula is C17H20N2O6S2. The minimum absolute atomic E-state index is 0.0766. The van der Waals surface area contributed by atoms with Gasteiger partial charge in [-0.1, -0.05) is 12.1 Å². The Labute approximate surface area is 158 Å². The second-order valence-corrected chi connectivity index (χ2v) is 9.52. The van der Waals surface area contributed by atoms with E-state index in [2.05, 4.69) is 9.46 Å². The molecule has 0 amide bonds. The molecule has 27 heavy (non-hydrogen) atoms. The van der Waals surface area contributed by atoms with Crippen LogP contribution in [-0.2, 0) is 24.8 Å². The van der Waals surface area contributed by atoms with E-state index in [4.69, 9.17) is 0 Å². The lowest BCUT2D eigenvalue weighted by Crippen LogP contribution is -2.25. The van der Waals surface area contributed by atoms with Crippen LogP contribution in [0.3, 0.4) is 0 Å². The summed E-state index contributed by atoms with van der Waals surface area (Å²) in [4.78, 5) is 11.6. The Bertz CT molecular complexity index is 1080. The standard InChI is InChI=1S/C17H20N2O6S2/c1-12-8-9-13(17(20)25-3)10-16(12)27(23,24)18-14-6-5-7-15(11-14)19(2)26(4,21)22/h5-11,18H,1-4H3. The Balaban J connectivity index is 2.42. The number of nitrogens with one attached hydrogen (secondary N) is 1. The van der Waals surface area contributed by atoms with Crippen LogP contribution < -0.4 is 9.03 Å². The van der Waals surface area contributed by atoms with Crippen LogP contribution in [0.2, 0.25) is 0 Å². The number of aryl methyl sites for hydroxylation is 1. The lowest BCUT2D eigenvalue weighted by atomic mass is 10.1. The molecule has 0 radical (unpaired) electrons. The van der Waals surface area contributed by atoms with Crippen LogP contribution in [0.25, 0.3) is 0 Å². The Morgan fingerprint density at radius 3 is 2.33 bits per heavy atom. The average Bonchev–Trinajstić information content (AvgIpc) is 2.59. The van der Waals surface area contributed by atoms with Crippen LogP contribution in [0.5, 0.6) is 0 Å². The molecule has 0 aliphatic rings. The molecule has 0 aliphatic carbocycles. The molecular weight excluding hydrogens is 392 g/mol. The average molecular weight is 412 g/mol. The van der Waals surface area contributed by atoms with Crippen molar-refractivity contribution in [3.05, 3.63) is 53.6 Å². The quantitative estimate of drug-likeness (QED) is 0.727. The highest BCUT2D eigenvalue weighted by Crippen LogP contribution is 2.24. The fraction of sp³-hybridized carbons (Fsp3) is 0.235. The summed E-state index contributed by atoms with van der Waals surface area (Å²) < 4.78 is 56.9. The lowest BCUT2D eigenvalue weighted by molar-refractivity contribution is 0.0600. The van der Waals surface area contributed by atoms with Crippen molar-refractivity contribution < 1.29 is 26.4 Å². The van der Waals surface area contributed by atoms with Gasteiger partial charge in [-0.2, -0.15) is 0 Å². The van der Waals surface area contributed by atoms with Gasteiger partial charge in [-0.25, -0.2) is 21.6 Å². The van der Waals surface area contributed by atoms with Gasteiger partial charge in [0.2, 0.25) is 10.0 Å². The molecule has 0 saturated carbocycles. The number of hydrogen-bond acceptors (Lipinski definition) is 6. The first-order valence-corrected chi connectivity index (χ1v) is 11.0. The summed E-state index contributed by atoms with van der Waals surface area (Å²) in [7, 11) is -4.93. The van der Waals surface area contributed by atoms with E-state index in [1.807, 2.05) is 0 Å². The number of methoxy groups -OCH3 is 1. The number of ether oxygens (including phenoxy) is 1. The number of benzene rings is 2. The van der Waals surface area contributed by atoms with E-state index in [1.165, 1.54) is 50.6 Å². The predicted octanol–water partition coefficient (Wildman–Crippen LogP) is 1.98. The number of esters is 1. The highest BCUT2D eigenvalue weighted by atomic mass is 32.2. The largest absolute Gasteiger partial charge is 0.465 e. The molecule has 2 aromatic carbocycles. The number of hydrogen-bond donors (Lipinski definition) is 1. The number of carbonyl (C=O) groups excluding carboxylic acids is 1. The van der Waals surface area contributed by atoms with Gasteiger partial charge >= 0.3 is 5.97 Å². The molecule has 8 nitrogen and oxygen atoms in total. The first-order valence-electron chi connectivity index (χ1n) is 7.71. The Kier molecular flexibility index (Phi) is 5.81. The zero-order valence-electron chi connectivity index (χ0n) is 15.3. The minimum atomic E-state index is -4.01. The molecule has 10 heteroatoms. The van der Waals surface area contributed by atoms with Gasteiger partial charge in [-0.15, -0.1) is 0 Å². The summed E-state index contributed by atoms with van der Waals surface area (Å²) >= 11 is 0. The molecule has 0 atom stereocenters. The van der Waals surface area contributed by atoms with E-state index in [9.17, 15) is 21.6 Å². The van der Waals surface area contributed by atoms with Crippen molar-refractivity contribution in [1.29, 1.82) is 0 Å². The highest BCUT2D eigenvalue weighted by Gasteiger charge is 2.20. The summed E-state index contributed by atoms with van der Waals surface area (Å²) in [5.41, 5.74) is 1.04. The molecule has 0 aromatic heterocycles. The molecule has 0 heterocycles. The third-order valence-electron chi connectivity index (χ3n) is 3.86. The molecule has 0 saturated heterocycles. The van der Waals surface area contributed by atoms with Crippen LogP contribution >= 0.6 is 0 Å². The molecule has 0 fully saturated rings. The van der Waals surface area contributed by atoms with Crippen molar-refractivity contribution in [2.24, 2.45) is 0 Å². The number of carbonyl (C=O) groups is 1. The molecule has 146 valence electrons. The topological polar surface area (TPSA) is 110 Å². The van der Waals surface area contributed by atoms with Crippen molar-refractivity contribution >= 4 is 37.4 Å². The SMILES string of the molecule is COC(=O)c1ccc(C)c(S(=O)(=O)Nc2cccc(N(C)S(C)(=O)=O)c2)c1. The first-order chi connectivity index (χ1) is 12.5. The monoisotopic (exact) mass is 412 g/mol. The number of sulfonamides is 2. The van der Waals surface area contributed by atoms with Crippen LogP contribution in [0.4, 0.5) is 11.4 Å². The maximum Gasteiger partial charge on any atom is 0.337 e. The Hall–Kier alpha value is -2.59. The summed E-state index contributed by atoms with van der Waals surface area (Å²) in [6, 6.07) is 10.2. The number of anilines is 2. The zero-order valence-corrected chi connectivity index (χ0v) is 16.9. The van der Waals surface area contributed by atoms with E-state index < -0.39 is 26.0 Å². The maximum atomic E-state index is 12.8. The first kappa shape index (κ1) is 20.7. The molecule has 0 aliphatic heterocycles. The molecule has 2 rings (SSSR count). The van der Waals surface area contributed by atoms with Crippen molar-refractivity contribution in [1.82, 2.24) is 0 Å². The predicted molar refractivity (Wildman–Crippen MR) is 103 cm³/mol. The van der Waals surface area contributed by atoms with Gasteiger partial charge in [-0.05, 0) is 42.8 Å². The van der Waals surface area contributed by atoms with Crippen molar-refractivity contribution in [2.75, 3.05) is 29.4 Å². The molecule has 1 N–H and O–H groups in total. The summed E-state index contributed by atoms with van der Waals surface area (Å²) in [5, 5.41) is 0. The van der Waals surface area contributed by atoms with Crippen LogP contribution in [-0.4, -0.2) is 43.2 Å². The number of nitrogens with zero attached hydrogens (tertiary/aromatic N) is 1. The smallest absolute Gasteiger partial charge is 0.337 e. The highest BCUT2D eigenvalue weighted by molar-refractivity contribution is 7.93. The van der Waals surface area contributed by atoms with Crippen LogP contribution in [0.15, 0.2) is 47.4 Å². The second kappa shape index (κ2) is 7.57. The van der Waals surface area contributed by atoms with Gasteiger partial charge in [0.25, 0.3) is 10.0 Å². The van der Waals surface area contributed by atoms with Crippen molar-refractivity contribution in [3.63, 3.8) is 0 Å². The minimum Gasteiger partial charge on any atom is -0.465 e. The molecule has 0 bridgehead atoms. The molecule has 0 spiro atoms.